The number of benzene rings is 1. The maximum absolute atomic E-state index is 11.9. The SMILES string of the molecule is Cc1ccc(OCCC(=O)NC[C@@H]2CCCC[C@@H]2C(=O)O)cc1. The fraction of sp³-hybridized carbons (Fsp3) is 0.556. The van der Waals surface area contributed by atoms with E-state index < -0.39 is 5.97 Å². The van der Waals surface area contributed by atoms with Crippen molar-refractivity contribution in [3.8, 4) is 5.75 Å². The molecule has 0 saturated heterocycles. The van der Waals surface area contributed by atoms with Gasteiger partial charge < -0.3 is 15.2 Å². The lowest BCUT2D eigenvalue weighted by atomic mass is 9.79. The zero-order valence-corrected chi connectivity index (χ0v) is 13.6. The van der Waals surface area contributed by atoms with E-state index >= 15 is 0 Å². The predicted molar refractivity (Wildman–Crippen MR) is 87.4 cm³/mol. The second-order valence-corrected chi connectivity index (χ2v) is 6.20. The van der Waals surface area contributed by atoms with Crippen LogP contribution in [-0.2, 0) is 9.59 Å². The van der Waals surface area contributed by atoms with Crippen LogP contribution in [0.3, 0.4) is 0 Å². The van der Waals surface area contributed by atoms with Crippen molar-refractivity contribution in [3.63, 3.8) is 0 Å². The summed E-state index contributed by atoms with van der Waals surface area (Å²) in [5.74, 6) is -0.365. The lowest BCUT2D eigenvalue weighted by Crippen LogP contribution is -2.37. The van der Waals surface area contributed by atoms with Crippen molar-refractivity contribution in [3.05, 3.63) is 29.8 Å². The maximum Gasteiger partial charge on any atom is 0.306 e. The topological polar surface area (TPSA) is 75.6 Å². The zero-order chi connectivity index (χ0) is 16.7. The summed E-state index contributed by atoms with van der Waals surface area (Å²) in [4.78, 5) is 23.1. The van der Waals surface area contributed by atoms with E-state index in [9.17, 15) is 14.7 Å². The van der Waals surface area contributed by atoms with Gasteiger partial charge in [0.15, 0.2) is 0 Å². The quantitative estimate of drug-likeness (QED) is 0.810. The van der Waals surface area contributed by atoms with E-state index in [2.05, 4.69) is 5.32 Å². The first-order chi connectivity index (χ1) is 11.1. The van der Waals surface area contributed by atoms with E-state index in [1.807, 2.05) is 31.2 Å². The lowest BCUT2D eigenvalue weighted by Gasteiger charge is -2.28. The molecule has 1 saturated carbocycles. The monoisotopic (exact) mass is 319 g/mol. The average molecular weight is 319 g/mol. The molecular formula is C18H25NO4. The zero-order valence-electron chi connectivity index (χ0n) is 13.6. The van der Waals surface area contributed by atoms with Gasteiger partial charge in [0.2, 0.25) is 5.91 Å². The Balaban J connectivity index is 1.68. The fourth-order valence-electron chi connectivity index (χ4n) is 3.01. The smallest absolute Gasteiger partial charge is 0.306 e. The number of hydrogen-bond acceptors (Lipinski definition) is 3. The van der Waals surface area contributed by atoms with Crippen molar-refractivity contribution in [2.45, 2.75) is 39.0 Å². The number of carbonyl (C=O) groups excluding carboxylic acids is 1. The minimum absolute atomic E-state index is 0.0446. The first-order valence-corrected chi connectivity index (χ1v) is 8.25. The highest BCUT2D eigenvalue weighted by molar-refractivity contribution is 5.76. The van der Waals surface area contributed by atoms with Crippen molar-refractivity contribution in [2.24, 2.45) is 11.8 Å². The van der Waals surface area contributed by atoms with Crippen molar-refractivity contribution in [2.75, 3.05) is 13.2 Å². The minimum atomic E-state index is -0.744. The molecule has 2 rings (SSSR count). The van der Waals surface area contributed by atoms with Crippen LogP contribution in [0.5, 0.6) is 5.75 Å². The third kappa shape index (κ3) is 5.58. The van der Waals surface area contributed by atoms with Gasteiger partial charge in [0.05, 0.1) is 18.9 Å². The second-order valence-electron chi connectivity index (χ2n) is 6.20. The summed E-state index contributed by atoms with van der Waals surface area (Å²) in [5.41, 5.74) is 1.16. The van der Waals surface area contributed by atoms with Crippen molar-refractivity contribution < 1.29 is 19.4 Å². The summed E-state index contributed by atoms with van der Waals surface area (Å²) >= 11 is 0. The molecule has 0 aliphatic heterocycles. The number of nitrogens with one attached hydrogen (secondary N) is 1. The summed E-state index contributed by atoms with van der Waals surface area (Å²) in [6, 6.07) is 7.69. The van der Waals surface area contributed by atoms with Gasteiger partial charge in [-0.3, -0.25) is 9.59 Å². The van der Waals surface area contributed by atoms with E-state index in [0.717, 1.165) is 30.6 Å². The Morgan fingerprint density at radius 2 is 1.91 bits per heavy atom. The van der Waals surface area contributed by atoms with Gasteiger partial charge in [-0.05, 0) is 37.8 Å². The summed E-state index contributed by atoms with van der Waals surface area (Å²) in [6.45, 7) is 2.77. The van der Waals surface area contributed by atoms with Gasteiger partial charge in [-0.25, -0.2) is 0 Å². The molecule has 0 aromatic heterocycles. The van der Waals surface area contributed by atoms with Gasteiger partial charge in [-0.15, -0.1) is 0 Å². The lowest BCUT2D eigenvalue weighted by molar-refractivity contribution is -0.145. The highest BCUT2D eigenvalue weighted by Gasteiger charge is 2.30. The molecule has 5 heteroatoms. The second kappa shape index (κ2) is 8.56. The van der Waals surface area contributed by atoms with Crippen LogP contribution < -0.4 is 10.1 Å². The van der Waals surface area contributed by atoms with E-state index in [-0.39, 0.29) is 24.2 Å². The predicted octanol–water partition coefficient (Wildman–Crippen LogP) is 2.77. The molecule has 1 aromatic carbocycles. The minimum Gasteiger partial charge on any atom is -0.493 e. The summed E-state index contributed by atoms with van der Waals surface area (Å²) in [5, 5.41) is 12.1. The van der Waals surface area contributed by atoms with Gasteiger partial charge in [0.25, 0.3) is 0 Å². The molecule has 2 N–H and O–H groups in total. The van der Waals surface area contributed by atoms with Crippen molar-refractivity contribution in [1.82, 2.24) is 5.32 Å². The Kier molecular flexibility index (Phi) is 6.44. The molecule has 1 aromatic rings. The van der Waals surface area contributed by atoms with Crippen LogP contribution in [0.15, 0.2) is 24.3 Å². The Bertz CT molecular complexity index is 526. The molecule has 2 atom stereocenters. The fourth-order valence-corrected chi connectivity index (χ4v) is 3.01. The van der Waals surface area contributed by atoms with Crippen LogP contribution in [0.1, 0.15) is 37.7 Å². The molecule has 0 bridgehead atoms. The third-order valence-corrected chi connectivity index (χ3v) is 4.41. The number of carboxylic acids is 1. The molecule has 5 nitrogen and oxygen atoms in total. The number of carboxylic acid groups (broad SMARTS) is 1. The molecule has 0 radical (unpaired) electrons. The number of ether oxygens (including phenoxy) is 1. The van der Waals surface area contributed by atoms with Crippen molar-refractivity contribution >= 4 is 11.9 Å². The van der Waals surface area contributed by atoms with Gasteiger partial charge >= 0.3 is 5.97 Å². The van der Waals surface area contributed by atoms with Crippen LogP contribution in [-0.4, -0.2) is 30.1 Å². The van der Waals surface area contributed by atoms with Gasteiger partial charge in [0.1, 0.15) is 5.75 Å². The molecular weight excluding hydrogens is 294 g/mol. The average Bonchev–Trinajstić information content (AvgIpc) is 2.55. The Hall–Kier alpha value is -2.04. The third-order valence-electron chi connectivity index (χ3n) is 4.41. The number of carbonyl (C=O) groups is 2. The standard InChI is InChI=1S/C18H25NO4/c1-13-6-8-15(9-7-13)23-11-10-17(20)19-12-14-4-2-3-5-16(14)18(21)22/h6-9,14,16H,2-5,10-12H2,1H3,(H,19,20)(H,21,22)/t14-,16-/m0/s1. The first kappa shape index (κ1) is 17.3. The van der Waals surface area contributed by atoms with Crippen LogP contribution in [0.4, 0.5) is 0 Å². The van der Waals surface area contributed by atoms with Crippen molar-refractivity contribution in [1.29, 1.82) is 0 Å². The number of amides is 1. The summed E-state index contributed by atoms with van der Waals surface area (Å²) in [6.07, 6.45) is 3.87. The molecule has 0 heterocycles. The van der Waals surface area contributed by atoms with E-state index in [1.165, 1.54) is 0 Å². The number of aryl methyl sites for hydroxylation is 1. The Morgan fingerprint density at radius 3 is 2.61 bits per heavy atom. The van der Waals surface area contributed by atoms with Crippen LogP contribution in [0, 0.1) is 18.8 Å². The van der Waals surface area contributed by atoms with Crippen LogP contribution >= 0.6 is 0 Å². The first-order valence-electron chi connectivity index (χ1n) is 8.25. The van der Waals surface area contributed by atoms with E-state index in [1.54, 1.807) is 0 Å². The molecule has 1 aliphatic rings. The van der Waals surface area contributed by atoms with Gasteiger partial charge in [-0.1, -0.05) is 30.5 Å². The molecule has 1 amide bonds. The molecule has 0 spiro atoms. The molecule has 23 heavy (non-hydrogen) atoms. The summed E-state index contributed by atoms with van der Waals surface area (Å²) < 4.78 is 5.53. The maximum atomic E-state index is 11.9. The number of aliphatic carboxylic acids is 1. The molecule has 126 valence electrons. The van der Waals surface area contributed by atoms with E-state index in [4.69, 9.17) is 4.74 Å². The van der Waals surface area contributed by atoms with Crippen LogP contribution in [0.2, 0.25) is 0 Å². The summed E-state index contributed by atoms with van der Waals surface area (Å²) in [7, 11) is 0. The molecule has 1 aliphatic carbocycles. The number of hydrogen-bond donors (Lipinski definition) is 2. The van der Waals surface area contributed by atoms with Gasteiger partial charge in [-0.2, -0.15) is 0 Å². The highest BCUT2D eigenvalue weighted by atomic mass is 16.5. The van der Waals surface area contributed by atoms with Crippen LogP contribution in [0.25, 0.3) is 0 Å². The van der Waals surface area contributed by atoms with Gasteiger partial charge in [0, 0.05) is 6.54 Å². The molecule has 1 fully saturated rings. The molecule has 0 unspecified atom stereocenters. The van der Waals surface area contributed by atoms with E-state index in [0.29, 0.717) is 19.6 Å². The largest absolute Gasteiger partial charge is 0.493 e. The normalized spacial score (nSPS) is 20.7. The highest BCUT2D eigenvalue weighted by Crippen LogP contribution is 2.29. The Labute approximate surface area is 137 Å². The number of rotatable bonds is 7. The Morgan fingerprint density at radius 1 is 1.22 bits per heavy atom.